The van der Waals surface area contributed by atoms with E-state index in [9.17, 15) is 4.79 Å². The van der Waals surface area contributed by atoms with E-state index in [1.807, 2.05) is 36.4 Å². The molecule has 0 aliphatic carbocycles. The minimum atomic E-state index is -0.432. The average molecular weight is 355 g/mol. The van der Waals surface area contributed by atoms with Crippen molar-refractivity contribution in [2.75, 3.05) is 14.2 Å². The molecule has 0 unspecified atom stereocenters. The number of benzene rings is 1. The van der Waals surface area contributed by atoms with Crippen LogP contribution in [0.4, 0.5) is 0 Å². The number of hydrogen-bond acceptors (Lipinski definition) is 6. The second-order valence-electron chi connectivity index (χ2n) is 5.14. The number of carbonyl (C=O) groups excluding carboxylic acids is 1. The molecular weight excluding hydrogens is 338 g/mol. The normalized spacial score (nSPS) is 10.5. The van der Waals surface area contributed by atoms with Crippen molar-refractivity contribution in [1.29, 1.82) is 0 Å². The summed E-state index contributed by atoms with van der Waals surface area (Å²) in [6.07, 6.45) is 4.94. The van der Waals surface area contributed by atoms with Gasteiger partial charge in [-0.15, -0.1) is 11.8 Å². The summed E-state index contributed by atoms with van der Waals surface area (Å²) in [4.78, 5) is 16.7. The highest BCUT2D eigenvalue weighted by molar-refractivity contribution is 7.98. The van der Waals surface area contributed by atoms with Crippen LogP contribution in [0, 0.1) is 0 Å². The molecule has 6 heteroatoms. The standard InChI is InChI=1S/C19H17NO4S/c1-22-18-15(13-8-10-24-11-13)7-6-14(17(18)19(21)23-2)12-25-16-5-3-4-9-20-16/h3-11H,12H2,1-2H3. The van der Waals surface area contributed by atoms with Crippen LogP contribution < -0.4 is 4.74 Å². The van der Waals surface area contributed by atoms with E-state index in [-0.39, 0.29) is 0 Å². The molecule has 0 atom stereocenters. The van der Waals surface area contributed by atoms with Crippen molar-refractivity contribution in [2.24, 2.45) is 0 Å². The lowest BCUT2D eigenvalue weighted by Gasteiger charge is -2.15. The second-order valence-corrected chi connectivity index (χ2v) is 6.14. The van der Waals surface area contributed by atoms with Crippen molar-refractivity contribution in [3.63, 3.8) is 0 Å². The van der Waals surface area contributed by atoms with Gasteiger partial charge in [-0.05, 0) is 23.8 Å². The largest absolute Gasteiger partial charge is 0.495 e. The molecule has 0 spiro atoms. The van der Waals surface area contributed by atoms with Gasteiger partial charge < -0.3 is 13.9 Å². The van der Waals surface area contributed by atoms with E-state index in [0.717, 1.165) is 21.7 Å². The molecule has 2 aromatic heterocycles. The third kappa shape index (κ3) is 3.69. The Morgan fingerprint density at radius 2 is 2.08 bits per heavy atom. The van der Waals surface area contributed by atoms with Gasteiger partial charge in [0, 0.05) is 23.1 Å². The van der Waals surface area contributed by atoms with Crippen molar-refractivity contribution in [3.05, 3.63) is 66.2 Å². The SMILES string of the molecule is COC(=O)c1c(CSc2ccccn2)ccc(-c2ccoc2)c1OC. The first-order chi connectivity index (χ1) is 12.2. The molecule has 0 aliphatic rings. The topological polar surface area (TPSA) is 61.6 Å². The number of rotatable bonds is 6. The third-order valence-corrected chi connectivity index (χ3v) is 4.68. The lowest BCUT2D eigenvalue weighted by Crippen LogP contribution is -2.09. The molecule has 0 fully saturated rings. The molecule has 0 aliphatic heterocycles. The first-order valence-electron chi connectivity index (χ1n) is 7.59. The molecule has 25 heavy (non-hydrogen) atoms. The Hall–Kier alpha value is -2.73. The fourth-order valence-electron chi connectivity index (χ4n) is 2.51. The summed E-state index contributed by atoms with van der Waals surface area (Å²) in [6.45, 7) is 0. The summed E-state index contributed by atoms with van der Waals surface area (Å²) in [5, 5.41) is 0.885. The Labute approximate surface area is 150 Å². The van der Waals surface area contributed by atoms with Gasteiger partial charge in [-0.1, -0.05) is 18.2 Å². The van der Waals surface area contributed by atoms with Gasteiger partial charge in [-0.3, -0.25) is 0 Å². The molecular formula is C19H17NO4S. The van der Waals surface area contributed by atoms with Gasteiger partial charge in [-0.2, -0.15) is 0 Å². The van der Waals surface area contributed by atoms with E-state index < -0.39 is 5.97 Å². The Kier molecular flexibility index (Phi) is 5.40. The van der Waals surface area contributed by atoms with Gasteiger partial charge in [0.1, 0.15) is 11.3 Å². The summed E-state index contributed by atoms with van der Waals surface area (Å²) < 4.78 is 15.7. The zero-order valence-corrected chi connectivity index (χ0v) is 14.7. The molecule has 0 saturated carbocycles. The quantitative estimate of drug-likeness (QED) is 0.481. The number of aromatic nitrogens is 1. The van der Waals surface area contributed by atoms with Crippen molar-refractivity contribution in [1.82, 2.24) is 4.98 Å². The van der Waals surface area contributed by atoms with Crippen LogP contribution in [0.15, 0.2) is 64.6 Å². The number of pyridine rings is 1. The van der Waals surface area contributed by atoms with Crippen LogP contribution >= 0.6 is 11.8 Å². The molecule has 0 N–H and O–H groups in total. The number of nitrogens with zero attached hydrogens (tertiary/aromatic N) is 1. The van der Waals surface area contributed by atoms with Gasteiger partial charge in [0.25, 0.3) is 0 Å². The number of thioether (sulfide) groups is 1. The Bertz CT molecular complexity index is 847. The molecule has 2 heterocycles. The van der Waals surface area contributed by atoms with Crippen molar-refractivity contribution in [2.45, 2.75) is 10.8 Å². The first-order valence-corrected chi connectivity index (χ1v) is 8.57. The van der Waals surface area contributed by atoms with Gasteiger partial charge in [0.05, 0.1) is 31.8 Å². The molecule has 5 nitrogen and oxygen atoms in total. The second kappa shape index (κ2) is 7.90. The highest BCUT2D eigenvalue weighted by Crippen LogP contribution is 2.37. The first kappa shape index (κ1) is 17.1. The van der Waals surface area contributed by atoms with Crippen LogP contribution in [-0.4, -0.2) is 25.2 Å². The van der Waals surface area contributed by atoms with E-state index >= 15 is 0 Å². The predicted molar refractivity (Wildman–Crippen MR) is 95.8 cm³/mol. The lowest BCUT2D eigenvalue weighted by atomic mass is 9.99. The fourth-order valence-corrected chi connectivity index (χ4v) is 3.36. The zero-order chi connectivity index (χ0) is 17.6. The van der Waals surface area contributed by atoms with Crippen LogP contribution in [0.2, 0.25) is 0 Å². The Balaban J connectivity index is 2.01. The smallest absolute Gasteiger partial charge is 0.341 e. The van der Waals surface area contributed by atoms with Gasteiger partial charge in [0.15, 0.2) is 0 Å². The van der Waals surface area contributed by atoms with Crippen LogP contribution in [0.3, 0.4) is 0 Å². The summed E-state index contributed by atoms with van der Waals surface area (Å²) in [7, 11) is 2.91. The minimum Gasteiger partial charge on any atom is -0.495 e. The Morgan fingerprint density at radius 1 is 1.20 bits per heavy atom. The number of ether oxygens (including phenoxy) is 2. The third-order valence-electron chi connectivity index (χ3n) is 3.68. The molecule has 0 saturated heterocycles. The average Bonchev–Trinajstić information content (AvgIpc) is 3.20. The lowest BCUT2D eigenvalue weighted by molar-refractivity contribution is 0.0596. The highest BCUT2D eigenvalue weighted by atomic mass is 32.2. The molecule has 3 aromatic rings. The van der Waals surface area contributed by atoms with Crippen LogP contribution in [0.5, 0.6) is 5.75 Å². The van der Waals surface area contributed by atoms with Gasteiger partial charge in [-0.25, -0.2) is 9.78 Å². The number of esters is 1. The van der Waals surface area contributed by atoms with E-state index in [1.165, 1.54) is 7.11 Å². The maximum absolute atomic E-state index is 12.4. The fraction of sp³-hybridized carbons (Fsp3) is 0.158. The maximum atomic E-state index is 12.4. The summed E-state index contributed by atoms with van der Waals surface area (Å²) in [6, 6.07) is 11.4. The van der Waals surface area contributed by atoms with Crippen LogP contribution in [0.1, 0.15) is 15.9 Å². The number of furan rings is 1. The predicted octanol–water partition coefficient (Wildman–Crippen LogP) is 4.43. The highest BCUT2D eigenvalue weighted by Gasteiger charge is 2.22. The molecule has 1 aromatic carbocycles. The van der Waals surface area contributed by atoms with E-state index in [1.54, 1.807) is 37.6 Å². The van der Waals surface area contributed by atoms with Gasteiger partial charge >= 0.3 is 5.97 Å². The van der Waals surface area contributed by atoms with Crippen LogP contribution in [-0.2, 0) is 10.5 Å². The summed E-state index contributed by atoms with van der Waals surface area (Å²) in [5.41, 5.74) is 2.87. The summed E-state index contributed by atoms with van der Waals surface area (Å²) >= 11 is 1.55. The van der Waals surface area contributed by atoms with Gasteiger partial charge in [0.2, 0.25) is 0 Å². The zero-order valence-electron chi connectivity index (χ0n) is 13.9. The molecule has 0 bridgehead atoms. The molecule has 128 valence electrons. The number of hydrogen-bond donors (Lipinski definition) is 0. The van der Waals surface area contributed by atoms with Crippen molar-refractivity contribution < 1.29 is 18.7 Å². The Morgan fingerprint density at radius 3 is 2.72 bits per heavy atom. The summed E-state index contributed by atoms with van der Waals surface area (Å²) in [5.74, 6) is 0.620. The molecule has 0 radical (unpaired) electrons. The van der Waals surface area contributed by atoms with Crippen molar-refractivity contribution >= 4 is 17.7 Å². The minimum absolute atomic E-state index is 0.423. The van der Waals surface area contributed by atoms with Crippen molar-refractivity contribution in [3.8, 4) is 16.9 Å². The van der Waals surface area contributed by atoms with E-state index in [4.69, 9.17) is 13.9 Å². The number of methoxy groups -OCH3 is 2. The molecule has 3 rings (SSSR count). The number of carbonyl (C=O) groups is 1. The van der Waals surface area contributed by atoms with E-state index in [2.05, 4.69) is 4.98 Å². The van der Waals surface area contributed by atoms with Crippen LogP contribution in [0.25, 0.3) is 11.1 Å². The van der Waals surface area contributed by atoms with E-state index in [0.29, 0.717) is 17.1 Å². The molecule has 0 amide bonds. The maximum Gasteiger partial charge on any atom is 0.341 e. The monoisotopic (exact) mass is 355 g/mol.